The molecular formula is C23H21ClF2N2O5S. The fraction of sp³-hybridized carbons (Fsp3) is 0.261. The molecule has 1 aliphatic rings. The Morgan fingerprint density at radius 2 is 1.76 bits per heavy atom. The molecule has 34 heavy (non-hydrogen) atoms. The van der Waals surface area contributed by atoms with E-state index in [-0.39, 0.29) is 37.4 Å². The first-order chi connectivity index (χ1) is 16.2. The molecule has 0 spiro atoms. The molecule has 2 heterocycles. The Bertz CT molecular complexity index is 1340. The predicted octanol–water partition coefficient (Wildman–Crippen LogP) is 3.66. The van der Waals surface area contributed by atoms with Crippen LogP contribution in [0.5, 0.6) is 5.75 Å². The van der Waals surface area contributed by atoms with Crippen LogP contribution in [-0.2, 0) is 23.2 Å². The molecule has 11 heteroatoms. The molecule has 1 aromatic heterocycles. The molecule has 0 saturated carbocycles. The Hall–Kier alpha value is -2.79. The highest BCUT2D eigenvalue weighted by Crippen LogP contribution is 2.22. The summed E-state index contributed by atoms with van der Waals surface area (Å²) in [4.78, 5) is 13.6. The zero-order valence-electron chi connectivity index (χ0n) is 17.9. The van der Waals surface area contributed by atoms with Gasteiger partial charge in [-0.05, 0) is 24.3 Å². The van der Waals surface area contributed by atoms with Gasteiger partial charge in [0.1, 0.15) is 35.2 Å². The molecule has 3 aromatic rings. The van der Waals surface area contributed by atoms with E-state index < -0.39 is 26.6 Å². The summed E-state index contributed by atoms with van der Waals surface area (Å²) >= 11 is 6.09. The summed E-state index contributed by atoms with van der Waals surface area (Å²) in [6, 6.07) is 10.8. The number of rotatable bonds is 7. The molecule has 0 bridgehead atoms. The maximum Gasteiger partial charge on any atom is 0.246 e. The molecule has 180 valence electrons. The summed E-state index contributed by atoms with van der Waals surface area (Å²) in [5.74, 6) is -1.38. The fourth-order valence-electron chi connectivity index (χ4n) is 3.56. The topological polar surface area (TPSA) is 80.1 Å². The lowest BCUT2D eigenvalue weighted by molar-refractivity contribution is 0.168. The van der Waals surface area contributed by atoms with Gasteiger partial charge in [-0.2, -0.15) is 4.31 Å². The summed E-state index contributed by atoms with van der Waals surface area (Å²) in [7, 11) is -4.16. The zero-order valence-corrected chi connectivity index (χ0v) is 19.5. The van der Waals surface area contributed by atoms with E-state index in [1.807, 2.05) is 11.0 Å². The largest absolute Gasteiger partial charge is 0.482 e. The van der Waals surface area contributed by atoms with Crippen LogP contribution in [0.1, 0.15) is 11.3 Å². The average Bonchev–Trinajstić information content (AvgIpc) is 2.81. The summed E-state index contributed by atoms with van der Waals surface area (Å²) in [5.41, 5.74) is 0.384. The first-order valence-electron chi connectivity index (χ1n) is 10.4. The number of halogens is 3. The number of ether oxygens (including phenoxy) is 1. The fourth-order valence-corrected chi connectivity index (χ4v) is 5.25. The molecule has 1 saturated heterocycles. The maximum absolute atomic E-state index is 14.0. The number of piperazine rings is 1. The molecule has 7 nitrogen and oxygen atoms in total. The Labute approximate surface area is 200 Å². The van der Waals surface area contributed by atoms with Crippen LogP contribution in [0.4, 0.5) is 8.78 Å². The van der Waals surface area contributed by atoms with E-state index >= 15 is 0 Å². The average molecular weight is 511 g/mol. The second-order valence-corrected chi connectivity index (χ2v) is 10.0. The van der Waals surface area contributed by atoms with E-state index in [0.29, 0.717) is 29.9 Å². The maximum atomic E-state index is 14.0. The Morgan fingerprint density at radius 1 is 1.03 bits per heavy atom. The summed E-state index contributed by atoms with van der Waals surface area (Å²) < 4.78 is 65.0. The lowest BCUT2D eigenvalue weighted by Crippen LogP contribution is -2.48. The predicted molar refractivity (Wildman–Crippen MR) is 121 cm³/mol. The second kappa shape index (κ2) is 10.2. The Kier molecular flexibility index (Phi) is 7.32. The number of benzene rings is 2. The van der Waals surface area contributed by atoms with Crippen LogP contribution in [0.25, 0.3) is 0 Å². The minimum Gasteiger partial charge on any atom is -0.482 e. The molecule has 0 amide bonds. The molecule has 1 fully saturated rings. The molecule has 0 N–H and O–H groups in total. The van der Waals surface area contributed by atoms with E-state index in [1.54, 1.807) is 18.2 Å². The van der Waals surface area contributed by atoms with Gasteiger partial charge < -0.3 is 9.15 Å². The third-order valence-electron chi connectivity index (χ3n) is 5.42. The van der Waals surface area contributed by atoms with Gasteiger partial charge in [-0.15, -0.1) is 0 Å². The molecule has 2 aromatic carbocycles. The van der Waals surface area contributed by atoms with Crippen molar-refractivity contribution in [2.75, 3.05) is 26.2 Å². The summed E-state index contributed by atoms with van der Waals surface area (Å²) in [6.45, 7) is 1.22. The quantitative estimate of drug-likeness (QED) is 0.482. The monoisotopic (exact) mass is 510 g/mol. The lowest BCUT2D eigenvalue weighted by atomic mass is 10.2. The summed E-state index contributed by atoms with van der Waals surface area (Å²) in [6.07, 6.45) is 1.24. The van der Waals surface area contributed by atoms with Gasteiger partial charge in [-0.3, -0.25) is 9.69 Å². The van der Waals surface area contributed by atoms with E-state index in [2.05, 4.69) is 0 Å². The van der Waals surface area contributed by atoms with Crippen LogP contribution >= 0.6 is 11.6 Å². The van der Waals surface area contributed by atoms with Crippen LogP contribution in [-0.4, -0.2) is 43.8 Å². The van der Waals surface area contributed by atoms with E-state index in [1.165, 1.54) is 12.3 Å². The molecule has 0 radical (unpaired) electrons. The minimum absolute atomic E-state index is 0.0525. The number of hydrogen-bond acceptors (Lipinski definition) is 6. The van der Waals surface area contributed by atoms with Crippen molar-refractivity contribution in [3.8, 4) is 5.75 Å². The zero-order chi connectivity index (χ0) is 24.3. The summed E-state index contributed by atoms with van der Waals surface area (Å²) in [5, 5.41) is 0.532. The molecular weight excluding hydrogens is 490 g/mol. The highest BCUT2D eigenvalue weighted by Gasteiger charge is 2.31. The van der Waals surface area contributed by atoms with Gasteiger partial charge in [0, 0.05) is 42.8 Å². The van der Waals surface area contributed by atoms with Gasteiger partial charge in [-0.25, -0.2) is 17.2 Å². The van der Waals surface area contributed by atoms with Gasteiger partial charge in [0.25, 0.3) is 0 Å². The first kappa shape index (κ1) is 24.3. The van der Waals surface area contributed by atoms with Crippen molar-refractivity contribution in [3.05, 3.63) is 93.0 Å². The van der Waals surface area contributed by atoms with Gasteiger partial charge >= 0.3 is 0 Å². The molecule has 0 unspecified atom stereocenters. The van der Waals surface area contributed by atoms with Crippen molar-refractivity contribution in [1.29, 1.82) is 0 Å². The second-order valence-electron chi connectivity index (χ2n) is 7.71. The highest BCUT2D eigenvalue weighted by molar-refractivity contribution is 7.89. The number of sulfonamides is 1. The number of nitrogens with zero attached hydrogens (tertiary/aromatic N) is 2. The van der Waals surface area contributed by atoms with Crippen LogP contribution in [0.15, 0.2) is 68.9 Å². The third-order valence-corrected chi connectivity index (χ3v) is 7.70. The lowest BCUT2D eigenvalue weighted by Gasteiger charge is -2.33. The highest BCUT2D eigenvalue weighted by atomic mass is 35.5. The van der Waals surface area contributed by atoms with Crippen LogP contribution in [0, 0.1) is 11.6 Å². The smallest absolute Gasteiger partial charge is 0.246 e. The van der Waals surface area contributed by atoms with E-state index in [9.17, 15) is 22.0 Å². The van der Waals surface area contributed by atoms with Crippen molar-refractivity contribution in [3.63, 3.8) is 0 Å². The van der Waals surface area contributed by atoms with E-state index in [0.717, 1.165) is 22.0 Å². The van der Waals surface area contributed by atoms with Crippen molar-refractivity contribution in [2.24, 2.45) is 0 Å². The van der Waals surface area contributed by atoms with Crippen molar-refractivity contribution >= 4 is 21.6 Å². The van der Waals surface area contributed by atoms with Crippen molar-refractivity contribution < 1.29 is 26.4 Å². The van der Waals surface area contributed by atoms with Gasteiger partial charge in [0.15, 0.2) is 0 Å². The Morgan fingerprint density at radius 3 is 2.47 bits per heavy atom. The normalized spacial score (nSPS) is 15.4. The SMILES string of the molecule is O=c1cc(CN2CCN(S(=O)(=O)c3cc(F)ccc3F)CC2)occ1OCc1ccccc1Cl. The van der Waals surface area contributed by atoms with Crippen molar-refractivity contribution in [2.45, 2.75) is 18.0 Å². The molecule has 0 atom stereocenters. The number of hydrogen-bond donors (Lipinski definition) is 0. The van der Waals surface area contributed by atoms with Crippen LogP contribution < -0.4 is 10.2 Å². The third kappa shape index (κ3) is 5.47. The van der Waals surface area contributed by atoms with Gasteiger partial charge in [0.2, 0.25) is 21.2 Å². The van der Waals surface area contributed by atoms with Gasteiger partial charge in [0.05, 0.1) is 6.54 Å². The molecule has 0 aliphatic carbocycles. The Balaban J connectivity index is 1.35. The van der Waals surface area contributed by atoms with Crippen LogP contribution in [0.3, 0.4) is 0 Å². The van der Waals surface area contributed by atoms with E-state index in [4.69, 9.17) is 20.8 Å². The van der Waals surface area contributed by atoms with Crippen molar-refractivity contribution in [1.82, 2.24) is 9.21 Å². The van der Waals surface area contributed by atoms with Crippen LogP contribution in [0.2, 0.25) is 5.02 Å². The molecule has 4 rings (SSSR count). The molecule has 1 aliphatic heterocycles. The van der Waals surface area contributed by atoms with Gasteiger partial charge in [-0.1, -0.05) is 29.8 Å². The first-order valence-corrected chi connectivity index (χ1v) is 12.2. The minimum atomic E-state index is -4.16. The standard InChI is InChI=1S/C23H21ClF2N2O5S/c24-19-4-2-1-3-16(19)14-33-22-15-32-18(12-21(22)29)13-27-7-9-28(10-8-27)34(30,31)23-11-17(25)5-6-20(23)26/h1-6,11-12,15H,7-10,13-14H2.